The van der Waals surface area contributed by atoms with Gasteiger partial charge < -0.3 is 16.2 Å². The minimum Gasteiger partial charge on any atom is -0.396 e. The summed E-state index contributed by atoms with van der Waals surface area (Å²) < 4.78 is 0. The molecule has 0 saturated carbocycles. The molecule has 0 bridgehead atoms. The van der Waals surface area contributed by atoms with Crippen molar-refractivity contribution in [2.24, 2.45) is 11.7 Å². The van der Waals surface area contributed by atoms with Gasteiger partial charge in [0.05, 0.1) is 0 Å². The fourth-order valence-electron chi connectivity index (χ4n) is 1.36. The maximum Gasteiger partial charge on any atom is 0.0474 e. The first kappa shape index (κ1) is 7.98. The lowest BCUT2D eigenvalue weighted by Gasteiger charge is -2.17. The maximum atomic E-state index is 8.88. The van der Waals surface area contributed by atoms with Crippen molar-refractivity contribution in [3.05, 3.63) is 0 Å². The smallest absolute Gasteiger partial charge is 0.0474 e. The molecule has 0 radical (unpaired) electrons. The molecule has 0 aromatic heterocycles. The molecule has 0 spiro atoms. The normalized spacial score (nSPS) is 35.4. The minimum atomic E-state index is 0.194. The molecule has 0 aromatic rings. The van der Waals surface area contributed by atoms with E-state index in [1.165, 1.54) is 0 Å². The van der Waals surface area contributed by atoms with Crippen LogP contribution < -0.4 is 11.1 Å². The third-order valence-corrected chi connectivity index (χ3v) is 2.19. The second-order valence-electron chi connectivity index (χ2n) is 2.93. The summed E-state index contributed by atoms with van der Waals surface area (Å²) in [5.74, 6) is 0.315. The number of aliphatic hydroxyl groups excluding tert-OH is 1. The van der Waals surface area contributed by atoms with Crippen LogP contribution in [-0.4, -0.2) is 30.8 Å². The Labute approximate surface area is 61.6 Å². The van der Waals surface area contributed by atoms with E-state index < -0.39 is 0 Å². The van der Waals surface area contributed by atoms with Crippen molar-refractivity contribution in [2.45, 2.75) is 18.9 Å². The molecule has 0 amide bonds. The Morgan fingerprint density at radius 1 is 1.40 bits per heavy atom. The molecule has 1 aliphatic heterocycles. The largest absolute Gasteiger partial charge is 0.396 e. The van der Waals surface area contributed by atoms with Crippen LogP contribution >= 0.6 is 0 Å². The second-order valence-corrected chi connectivity index (χ2v) is 2.93. The van der Waals surface area contributed by atoms with Gasteiger partial charge in [-0.1, -0.05) is 0 Å². The Balaban J connectivity index is 2.35. The highest BCUT2D eigenvalue weighted by Crippen LogP contribution is 2.10. The lowest BCUT2D eigenvalue weighted by molar-refractivity contribution is 0.200. The van der Waals surface area contributed by atoms with E-state index in [2.05, 4.69) is 5.32 Å². The summed E-state index contributed by atoms with van der Waals surface area (Å²) in [4.78, 5) is 0. The first-order chi connectivity index (χ1) is 4.84. The Bertz CT molecular complexity index is 97.6. The molecule has 0 aliphatic carbocycles. The molecule has 0 aromatic carbocycles. The molecule has 1 heterocycles. The highest BCUT2D eigenvalue weighted by atomic mass is 16.3. The highest BCUT2D eigenvalue weighted by Gasteiger charge is 2.18. The van der Waals surface area contributed by atoms with Crippen LogP contribution in [0.1, 0.15) is 12.8 Å². The van der Waals surface area contributed by atoms with Crippen molar-refractivity contribution in [3.8, 4) is 0 Å². The molecule has 10 heavy (non-hydrogen) atoms. The van der Waals surface area contributed by atoms with Gasteiger partial charge >= 0.3 is 0 Å². The molecule has 2 atom stereocenters. The predicted molar refractivity (Wildman–Crippen MR) is 40.7 cm³/mol. The highest BCUT2D eigenvalue weighted by molar-refractivity contribution is 4.77. The molecule has 1 rings (SSSR count). The number of nitrogens with one attached hydrogen (secondary N) is 1. The zero-order valence-corrected chi connectivity index (χ0v) is 6.21. The van der Waals surface area contributed by atoms with Crippen molar-refractivity contribution in [1.82, 2.24) is 5.32 Å². The summed E-state index contributed by atoms with van der Waals surface area (Å²) in [5.41, 5.74) is 5.79. The van der Waals surface area contributed by atoms with E-state index in [-0.39, 0.29) is 12.6 Å². The summed E-state index contributed by atoms with van der Waals surface area (Å²) in [5, 5.41) is 12.1. The van der Waals surface area contributed by atoms with Gasteiger partial charge in [-0.25, -0.2) is 0 Å². The Kier molecular flexibility index (Phi) is 3.12. The van der Waals surface area contributed by atoms with Gasteiger partial charge in [-0.2, -0.15) is 0 Å². The molecule has 60 valence electrons. The maximum absolute atomic E-state index is 8.88. The molecular weight excluding hydrogens is 128 g/mol. The average molecular weight is 144 g/mol. The zero-order valence-electron chi connectivity index (χ0n) is 6.21. The molecule has 0 unspecified atom stereocenters. The summed E-state index contributed by atoms with van der Waals surface area (Å²) in [6, 6.07) is 0.194. The first-order valence-electron chi connectivity index (χ1n) is 3.91. The summed E-state index contributed by atoms with van der Waals surface area (Å²) in [7, 11) is 0. The SMILES string of the molecule is N[C@H]1CCNCC[C@@H]1CO. The summed E-state index contributed by atoms with van der Waals surface area (Å²) in [6.07, 6.45) is 2.00. The molecular formula is C7H16N2O. The lowest BCUT2D eigenvalue weighted by atomic mass is 9.97. The fraction of sp³-hybridized carbons (Fsp3) is 1.00. The van der Waals surface area contributed by atoms with Crippen molar-refractivity contribution < 1.29 is 5.11 Å². The van der Waals surface area contributed by atoms with Crippen molar-refractivity contribution >= 4 is 0 Å². The zero-order chi connectivity index (χ0) is 7.40. The fourth-order valence-corrected chi connectivity index (χ4v) is 1.36. The van der Waals surface area contributed by atoms with Crippen LogP contribution in [0, 0.1) is 5.92 Å². The van der Waals surface area contributed by atoms with Gasteiger partial charge in [0.25, 0.3) is 0 Å². The monoisotopic (exact) mass is 144 g/mol. The predicted octanol–water partition coefficient (Wildman–Crippen LogP) is -0.694. The molecule has 3 heteroatoms. The van der Waals surface area contributed by atoms with E-state index in [0.717, 1.165) is 25.9 Å². The minimum absolute atomic E-state index is 0.194. The molecule has 1 saturated heterocycles. The quantitative estimate of drug-likeness (QED) is 0.456. The Morgan fingerprint density at radius 3 is 2.80 bits per heavy atom. The second kappa shape index (κ2) is 3.91. The number of hydrogen-bond donors (Lipinski definition) is 3. The van der Waals surface area contributed by atoms with Gasteiger partial charge in [0.1, 0.15) is 0 Å². The van der Waals surface area contributed by atoms with E-state index in [1.54, 1.807) is 0 Å². The van der Waals surface area contributed by atoms with Gasteiger partial charge in [0.2, 0.25) is 0 Å². The van der Waals surface area contributed by atoms with Crippen LogP contribution in [-0.2, 0) is 0 Å². The Morgan fingerprint density at radius 2 is 2.10 bits per heavy atom. The molecule has 3 nitrogen and oxygen atoms in total. The van der Waals surface area contributed by atoms with E-state index in [0.29, 0.717) is 5.92 Å². The van der Waals surface area contributed by atoms with Crippen LogP contribution in [0.15, 0.2) is 0 Å². The standard InChI is InChI=1S/C7H16N2O/c8-7-2-4-9-3-1-6(7)5-10/h6-7,9-10H,1-5,8H2/t6-,7+/m1/s1. The molecule has 1 aliphatic rings. The average Bonchev–Trinajstić information content (AvgIpc) is 2.13. The number of nitrogens with two attached hydrogens (primary N) is 1. The van der Waals surface area contributed by atoms with Gasteiger partial charge in [0, 0.05) is 12.6 Å². The van der Waals surface area contributed by atoms with E-state index >= 15 is 0 Å². The van der Waals surface area contributed by atoms with Crippen molar-refractivity contribution in [1.29, 1.82) is 0 Å². The van der Waals surface area contributed by atoms with Crippen LogP contribution in [0.3, 0.4) is 0 Å². The topological polar surface area (TPSA) is 58.3 Å². The lowest BCUT2D eigenvalue weighted by Crippen LogP contribution is -2.32. The number of hydrogen-bond acceptors (Lipinski definition) is 3. The first-order valence-corrected chi connectivity index (χ1v) is 3.91. The van der Waals surface area contributed by atoms with Crippen molar-refractivity contribution in [3.63, 3.8) is 0 Å². The van der Waals surface area contributed by atoms with Gasteiger partial charge in [0.15, 0.2) is 0 Å². The van der Waals surface area contributed by atoms with E-state index in [1.807, 2.05) is 0 Å². The van der Waals surface area contributed by atoms with Gasteiger partial charge in [-0.3, -0.25) is 0 Å². The van der Waals surface area contributed by atoms with Gasteiger partial charge in [-0.15, -0.1) is 0 Å². The van der Waals surface area contributed by atoms with Crippen LogP contribution in [0.4, 0.5) is 0 Å². The third kappa shape index (κ3) is 1.94. The van der Waals surface area contributed by atoms with E-state index in [4.69, 9.17) is 10.8 Å². The Hall–Kier alpha value is -0.120. The van der Waals surface area contributed by atoms with Gasteiger partial charge in [-0.05, 0) is 31.8 Å². The van der Waals surface area contributed by atoms with E-state index in [9.17, 15) is 0 Å². The number of aliphatic hydroxyl groups is 1. The molecule has 1 fully saturated rings. The van der Waals surface area contributed by atoms with Crippen LogP contribution in [0.5, 0.6) is 0 Å². The summed E-state index contributed by atoms with van der Waals surface area (Å²) in [6.45, 7) is 2.24. The number of rotatable bonds is 1. The molecule has 4 N–H and O–H groups in total. The summed E-state index contributed by atoms with van der Waals surface area (Å²) >= 11 is 0. The van der Waals surface area contributed by atoms with Crippen LogP contribution in [0.25, 0.3) is 0 Å². The third-order valence-electron chi connectivity index (χ3n) is 2.19. The van der Waals surface area contributed by atoms with Crippen LogP contribution in [0.2, 0.25) is 0 Å². The van der Waals surface area contributed by atoms with Crippen molar-refractivity contribution in [2.75, 3.05) is 19.7 Å².